The predicted octanol–water partition coefficient (Wildman–Crippen LogP) is 1.33. The molecule has 1 aromatic carbocycles. The normalized spacial score (nSPS) is 11.2. The lowest BCUT2D eigenvalue weighted by Crippen LogP contribution is -2.08. The van der Waals surface area contributed by atoms with Crippen LogP contribution in [0, 0.1) is 0 Å². The summed E-state index contributed by atoms with van der Waals surface area (Å²) in [6, 6.07) is 4.72. The summed E-state index contributed by atoms with van der Waals surface area (Å²) >= 11 is 1.16. The molecule has 2 N–H and O–H groups in total. The number of hydrogen-bond acceptors (Lipinski definition) is 6. The van der Waals surface area contributed by atoms with Crippen molar-refractivity contribution in [1.29, 1.82) is 0 Å². The van der Waals surface area contributed by atoms with Crippen molar-refractivity contribution >= 4 is 33.3 Å². The van der Waals surface area contributed by atoms with Crippen LogP contribution in [0.3, 0.4) is 0 Å². The molecule has 18 heavy (non-hydrogen) atoms. The molecule has 0 bridgehead atoms. The zero-order valence-electron chi connectivity index (χ0n) is 10.2. The third-order valence-electron chi connectivity index (χ3n) is 2.08. The Kier molecular flexibility index (Phi) is 5.03. The summed E-state index contributed by atoms with van der Waals surface area (Å²) in [6.45, 7) is 2.04. The lowest BCUT2D eigenvalue weighted by molar-refractivity contribution is -0.139. The fraction of sp³-hybridized carbons (Fsp3) is 0.364. The number of thioether (sulfide) groups is 1. The van der Waals surface area contributed by atoms with Crippen LogP contribution in [-0.4, -0.2) is 33.0 Å². The highest BCUT2D eigenvalue weighted by Crippen LogP contribution is 2.30. The third kappa shape index (κ3) is 3.92. The number of benzene rings is 1. The Morgan fingerprint density at radius 1 is 1.44 bits per heavy atom. The zero-order valence-corrected chi connectivity index (χ0v) is 11.8. The first-order valence-electron chi connectivity index (χ1n) is 5.23. The van der Waals surface area contributed by atoms with Crippen LogP contribution in [0.4, 0.5) is 5.69 Å². The van der Waals surface area contributed by atoms with Gasteiger partial charge in [0, 0.05) is 11.2 Å². The maximum absolute atomic E-state index is 11.5. The van der Waals surface area contributed by atoms with Gasteiger partial charge in [0.05, 0.1) is 22.9 Å². The van der Waals surface area contributed by atoms with E-state index in [0.717, 1.165) is 18.0 Å². The lowest BCUT2D eigenvalue weighted by atomic mass is 10.3. The van der Waals surface area contributed by atoms with Gasteiger partial charge in [-0.1, -0.05) is 6.07 Å². The van der Waals surface area contributed by atoms with Crippen LogP contribution in [0.1, 0.15) is 6.92 Å². The number of carbonyl (C=O) groups excluding carboxylic acids is 1. The minimum atomic E-state index is -3.36. The highest BCUT2D eigenvalue weighted by molar-refractivity contribution is 8.00. The van der Waals surface area contributed by atoms with Gasteiger partial charge < -0.3 is 10.5 Å². The quantitative estimate of drug-likeness (QED) is 0.500. The van der Waals surface area contributed by atoms with E-state index < -0.39 is 9.84 Å². The summed E-state index contributed by atoms with van der Waals surface area (Å²) < 4.78 is 27.7. The van der Waals surface area contributed by atoms with Gasteiger partial charge in [0.25, 0.3) is 0 Å². The molecular weight excluding hydrogens is 274 g/mol. The van der Waals surface area contributed by atoms with E-state index in [-0.39, 0.29) is 22.3 Å². The van der Waals surface area contributed by atoms with Crippen LogP contribution in [0.25, 0.3) is 0 Å². The summed E-state index contributed by atoms with van der Waals surface area (Å²) in [5.74, 6) is -0.253. The van der Waals surface area contributed by atoms with Gasteiger partial charge in [-0.3, -0.25) is 4.79 Å². The highest BCUT2D eigenvalue weighted by Gasteiger charge is 2.15. The van der Waals surface area contributed by atoms with Crippen LogP contribution in [0.2, 0.25) is 0 Å². The van der Waals surface area contributed by atoms with Crippen molar-refractivity contribution in [3.63, 3.8) is 0 Å². The molecule has 0 heterocycles. The van der Waals surface area contributed by atoms with E-state index in [1.54, 1.807) is 19.1 Å². The first-order valence-corrected chi connectivity index (χ1v) is 8.11. The Morgan fingerprint density at radius 2 is 2.11 bits per heavy atom. The number of anilines is 1. The molecule has 0 fully saturated rings. The van der Waals surface area contributed by atoms with E-state index >= 15 is 0 Å². The second kappa shape index (κ2) is 6.10. The number of para-hydroxylation sites is 1. The van der Waals surface area contributed by atoms with Crippen molar-refractivity contribution in [1.82, 2.24) is 0 Å². The van der Waals surface area contributed by atoms with E-state index in [1.807, 2.05) is 0 Å². The molecule has 0 saturated heterocycles. The monoisotopic (exact) mass is 289 g/mol. The van der Waals surface area contributed by atoms with Crippen LogP contribution in [-0.2, 0) is 19.4 Å². The third-order valence-corrected chi connectivity index (χ3v) is 4.28. The van der Waals surface area contributed by atoms with E-state index in [2.05, 4.69) is 0 Å². The average Bonchev–Trinajstić information content (AvgIpc) is 2.26. The van der Waals surface area contributed by atoms with Crippen molar-refractivity contribution < 1.29 is 17.9 Å². The van der Waals surface area contributed by atoms with Gasteiger partial charge in [0.15, 0.2) is 9.84 Å². The maximum atomic E-state index is 11.5. The topological polar surface area (TPSA) is 86.5 Å². The molecule has 0 aliphatic rings. The van der Waals surface area contributed by atoms with Crippen molar-refractivity contribution in [2.24, 2.45) is 0 Å². The van der Waals surface area contributed by atoms with Gasteiger partial charge in [0.1, 0.15) is 0 Å². The second-order valence-corrected chi connectivity index (χ2v) is 6.54. The minimum Gasteiger partial charge on any atom is -0.465 e. The molecule has 1 aromatic rings. The fourth-order valence-electron chi connectivity index (χ4n) is 1.31. The molecule has 0 atom stereocenters. The number of nitrogens with two attached hydrogens (primary N) is 1. The van der Waals surface area contributed by atoms with E-state index in [4.69, 9.17) is 10.5 Å². The molecule has 0 saturated carbocycles. The number of esters is 1. The van der Waals surface area contributed by atoms with Crippen molar-refractivity contribution in [2.45, 2.75) is 16.7 Å². The Bertz CT molecular complexity index is 540. The van der Waals surface area contributed by atoms with Crippen molar-refractivity contribution in [2.75, 3.05) is 24.3 Å². The SMILES string of the molecule is CCOC(=O)CSc1cccc(S(C)(=O)=O)c1N. The molecule has 0 spiro atoms. The molecule has 0 radical (unpaired) electrons. The van der Waals surface area contributed by atoms with Gasteiger partial charge in [-0.25, -0.2) is 8.42 Å². The molecule has 0 aliphatic carbocycles. The minimum absolute atomic E-state index is 0.0800. The Hall–Kier alpha value is -1.21. The maximum Gasteiger partial charge on any atom is 0.316 e. The standard InChI is InChI=1S/C11H15NO4S2/c1-3-16-10(13)7-17-8-5-4-6-9(11(8)12)18(2,14)15/h4-6H,3,7,12H2,1-2H3. The molecule has 1 rings (SSSR count). The predicted molar refractivity (Wildman–Crippen MR) is 71.3 cm³/mol. The van der Waals surface area contributed by atoms with Gasteiger partial charge in [-0.2, -0.15) is 0 Å². The fourth-order valence-corrected chi connectivity index (χ4v) is 3.01. The largest absolute Gasteiger partial charge is 0.465 e. The first-order chi connectivity index (χ1) is 8.36. The Labute approximate surface area is 111 Å². The van der Waals surface area contributed by atoms with Gasteiger partial charge in [0.2, 0.25) is 0 Å². The number of carbonyl (C=O) groups is 1. The first kappa shape index (κ1) is 14.8. The summed E-state index contributed by atoms with van der Waals surface area (Å²) in [4.78, 5) is 11.8. The van der Waals surface area contributed by atoms with Gasteiger partial charge in [-0.15, -0.1) is 11.8 Å². The second-order valence-electron chi connectivity index (χ2n) is 3.53. The van der Waals surface area contributed by atoms with Gasteiger partial charge >= 0.3 is 5.97 Å². The zero-order chi connectivity index (χ0) is 13.8. The van der Waals surface area contributed by atoms with E-state index in [1.165, 1.54) is 6.07 Å². The van der Waals surface area contributed by atoms with Gasteiger partial charge in [-0.05, 0) is 19.1 Å². The number of hydrogen-bond donors (Lipinski definition) is 1. The molecule has 100 valence electrons. The molecule has 7 heteroatoms. The van der Waals surface area contributed by atoms with Crippen LogP contribution in [0.5, 0.6) is 0 Å². The molecule has 0 unspecified atom stereocenters. The number of nitrogen functional groups attached to an aromatic ring is 1. The molecule has 0 aromatic heterocycles. The molecular formula is C11H15NO4S2. The van der Waals surface area contributed by atoms with Crippen LogP contribution < -0.4 is 5.73 Å². The summed E-state index contributed by atoms with van der Waals surface area (Å²) in [5.41, 5.74) is 5.95. The van der Waals surface area contributed by atoms with Crippen molar-refractivity contribution in [3.8, 4) is 0 Å². The summed E-state index contributed by atoms with van der Waals surface area (Å²) in [6.07, 6.45) is 1.10. The lowest BCUT2D eigenvalue weighted by Gasteiger charge is -2.08. The average molecular weight is 289 g/mol. The molecule has 0 aliphatic heterocycles. The van der Waals surface area contributed by atoms with Crippen molar-refractivity contribution in [3.05, 3.63) is 18.2 Å². The summed E-state index contributed by atoms with van der Waals surface area (Å²) in [5, 5.41) is 0. The van der Waals surface area contributed by atoms with Crippen LogP contribution >= 0.6 is 11.8 Å². The van der Waals surface area contributed by atoms with Crippen LogP contribution in [0.15, 0.2) is 28.0 Å². The number of rotatable bonds is 5. The Balaban J connectivity index is 2.89. The summed E-state index contributed by atoms with van der Waals surface area (Å²) in [7, 11) is -3.36. The number of ether oxygens (including phenoxy) is 1. The number of sulfone groups is 1. The highest BCUT2D eigenvalue weighted by atomic mass is 32.2. The smallest absolute Gasteiger partial charge is 0.316 e. The Morgan fingerprint density at radius 3 is 2.67 bits per heavy atom. The molecule has 5 nitrogen and oxygen atoms in total. The molecule has 0 amide bonds. The van der Waals surface area contributed by atoms with E-state index in [9.17, 15) is 13.2 Å². The van der Waals surface area contributed by atoms with E-state index in [0.29, 0.717) is 11.5 Å².